The zero-order valence-electron chi connectivity index (χ0n) is 15.4. The normalized spacial score (nSPS) is 14.6. The molecule has 1 aliphatic heterocycles. The number of hydrogen-bond donors (Lipinski definition) is 2. The minimum absolute atomic E-state index is 0.300. The molecule has 146 valence electrons. The smallest absolute Gasteiger partial charge is 0.288 e. The molecule has 5 rings (SSSR count). The topological polar surface area (TPSA) is 133 Å². The molecule has 4 heterocycles. The summed E-state index contributed by atoms with van der Waals surface area (Å²) in [7, 11) is 3.12. The highest BCUT2D eigenvalue weighted by atomic mass is 16.5. The Morgan fingerprint density at radius 2 is 2.03 bits per heavy atom. The second-order valence-electron chi connectivity index (χ2n) is 6.25. The van der Waals surface area contributed by atoms with Crippen molar-refractivity contribution >= 4 is 11.6 Å². The highest BCUT2D eigenvalue weighted by molar-refractivity contribution is 5.76. The average Bonchev–Trinajstić information content (AvgIpc) is 3.44. The van der Waals surface area contributed by atoms with E-state index in [1.54, 1.807) is 49.4 Å². The summed E-state index contributed by atoms with van der Waals surface area (Å²) in [6.07, 6.45) is 1.55. The van der Waals surface area contributed by atoms with Gasteiger partial charge in [0.2, 0.25) is 5.95 Å². The molecule has 0 aliphatic carbocycles. The lowest BCUT2D eigenvalue weighted by molar-refractivity contribution is 0.355. The van der Waals surface area contributed by atoms with Crippen LogP contribution in [0.25, 0.3) is 11.3 Å². The van der Waals surface area contributed by atoms with E-state index in [0.29, 0.717) is 45.7 Å². The quantitative estimate of drug-likeness (QED) is 0.468. The fraction of sp³-hybridized carbons (Fsp3) is 0.167. The largest absolute Gasteiger partial charge is 0.493 e. The Bertz CT molecular complexity index is 1250. The number of benzene rings is 1. The summed E-state index contributed by atoms with van der Waals surface area (Å²) in [5, 5.41) is 21.6. The molecule has 1 atom stereocenters. The van der Waals surface area contributed by atoms with Crippen LogP contribution in [0.4, 0.5) is 11.6 Å². The number of furan rings is 1. The summed E-state index contributed by atoms with van der Waals surface area (Å²) in [6, 6.07) is 8.37. The first-order valence-electron chi connectivity index (χ1n) is 8.64. The van der Waals surface area contributed by atoms with Gasteiger partial charge in [-0.05, 0) is 40.8 Å². The summed E-state index contributed by atoms with van der Waals surface area (Å²) in [6.45, 7) is 0. The van der Waals surface area contributed by atoms with Gasteiger partial charge >= 0.3 is 0 Å². The van der Waals surface area contributed by atoms with Crippen LogP contribution in [-0.4, -0.2) is 44.6 Å². The number of rotatable bonds is 4. The Balaban J connectivity index is 1.78. The van der Waals surface area contributed by atoms with Crippen LogP contribution in [0, 0.1) is 0 Å². The SMILES string of the molecule is COc1ccc(-c2n[nH]c(=O)c3c2[C@H](c2ccco2)n2nnnc2N3)cc1OC. The van der Waals surface area contributed by atoms with E-state index in [1.165, 1.54) is 0 Å². The Labute approximate surface area is 163 Å². The summed E-state index contributed by atoms with van der Waals surface area (Å²) in [4.78, 5) is 12.6. The van der Waals surface area contributed by atoms with Gasteiger partial charge in [-0.3, -0.25) is 4.79 Å². The van der Waals surface area contributed by atoms with E-state index >= 15 is 0 Å². The molecule has 0 fully saturated rings. The van der Waals surface area contributed by atoms with Crippen molar-refractivity contribution < 1.29 is 13.9 Å². The number of hydrogen-bond acceptors (Lipinski definition) is 9. The lowest BCUT2D eigenvalue weighted by Crippen LogP contribution is -2.28. The van der Waals surface area contributed by atoms with Crippen LogP contribution in [0.1, 0.15) is 17.4 Å². The maximum absolute atomic E-state index is 12.6. The highest BCUT2D eigenvalue weighted by Crippen LogP contribution is 2.42. The van der Waals surface area contributed by atoms with Crippen molar-refractivity contribution in [3.63, 3.8) is 0 Å². The Kier molecular flexibility index (Phi) is 3.79. The molecule has 0 saturated heterocycles. The first-order valence-corrected chi connectivity index (χ1v) is 8.64. The zero-order chi connectivity index (χ0) is 20.0. The van der Waals surface area contributed by atoms with Crippen LogP contribution in [-0.2, 0) is 0 Å². The fourth-order valence-electron chi connectivity index (χ4n) is 3.45. The maximum Gasteiger partial charge on any atom is 0.288 e. The number of fused-ring (bicyclic) bond motifs is 2. The van der Waals surface area contributed by atoms with Crippen molar-refractivity contribution in [3.8, 4) is 22.8 Å². The number of nitrogens with zero attached hydrogens (tertiary/aromatic N) is 5. The number of aromatic amines is 1. The van der Waals surface area contributed by atoms with Crippen LogP contribution in [0.3, 0.4) is 0 Å². The van der Waals surface area contributed by atoms with Crippen molar-refractivity contribution in [1.29, 1.82) is 0 Å². The second kappa shape index (κ2) is 6.48. The van der Waals surface area contributed by atoms with Crippen LogP contribution >= 0.6 is 0 Å². The van der Waals surface area contributed by atoms with E-state index in [-0.39, 0.29) is 0 Å². The van der Waals surface area contributed by atoms with Crippen molar-refractivity contribution in [3.05, 3.63) is 58.3 Å². The molecule has 0 saturated carbocycles. The molecule has 3 aromatic heterocycles. The second-order valence-corrected chi connectivity index (χ2v) is 6.25. The van der Waals surface area contributed by atoms with Gasteiger partial charge in [0.05, 0.1) is 26.2 Å². The Morgan fingerprint density at radius 3 is 2.79 bits per heavy atom. The number of anilines is 2. The van der Waals surface area contributed by atoms with E-state index in [2.05, 4.69) is 31.0 Å². The van der Waals surface area contributed by atoms with Gasteiger partial charge in [0.25, 0.3) is 5.56 Å². The molecule has 0 spiro atoms. The van der Waals surface area contributed by atoms with E-state index in [9.17, 15) is 4.79 Å². The van der Waals surface area contributed by atoms with Crippen molar-refractivity contribution in [2.45, 2.75) is 6.04 Å². The van der Waals surface area contributed by atoms with Gasteiger partial charge in [-0.15, -0.1) is 0 Å². The van der Waals surface area contributed by atoms with Gasteiger partial charge in [0.1, 0.15) is 17.5 Å². The zero-order valence-corrected chi connectivity index (χ0v) is 15.4. The van der Waals surface area contributed by atoms with E-state index in [4.69, 9.17) is 13.9 Å². The highest BCUT2D eigenvalue weighted by Gasteiger charge is 2.36. The molecule has 11 heteroatoms. The number of methoxy groups -OCH3 is 2. The summed E-state index contributed by atoms with van der Waals surface area (Å²) in [5.74, 6) is 2.01. The average molecular weight is 393 g/mol. The molecule has 0 radical (unpaired) electrons. The number of H-pyrrole nitrogens is 1. The van der Waals surface area contributed by atoms with E-state index in [1.807, 2.05) is 6.07 Å². The van der Waals surface area contributed by atoms with Gasteiger partial charge in [0.15, 0.2) is 11.5 Å². The van der Waals surface area contributed by atoms with Gasteiger partial charge in [-0.25, -0.2) is 5.10 Å². The monoisotopic (exact) mass is 393 g/mol. The Hall–Kier alpha value is -4.15. The van der Waals surface area contributed by atoms with Crippen molar-refractivity contribution in [1.82, 2.24) is 30.4 Å². The molecular weight excluding hydrogens is 378 g/mol. The molecule has 4 aromatic rings. The molecule has 1 aliphatic rings. The molecule has 11 nitrogen and oxygen atoms in total. The summed E-state index contributed by atoms with van der Waals surface area (Å²) < 4.78 is 17.9. The minimum atomic E-state index is -0.579. The molecule has 2 N–H and O–H groups in total. The van der Waals surface area contributed by atoms with Crippen molar-refractivity contribution in [2.24, 2.45) is 0 Å². The van der Waals surface area contributed by atoms with Gasteiger partial charge in [-0.1, -0.05) is 5.10 Å². The first kappa shape index (κ1) is 17.0. The van der Waals surface area contributed by atoms with Crippen LogP contribution < -0.4 is 20.3 Å². The van der Waals surface area contributed by atoms with Gasteiger partial charge in [0, 0.05) is 11.1 Å². The lowest BCUT2D eigenvalue weighted by atomic mass is 9.96. The third-order valence-corrected chi connectivity index (χ3v) is 4.74. The Morgan fingerprint density at radius 1 is 1.17 bits per heavy atom. The number of tetrazole rings is 1. The number of ether oxygens (including phenoxy) is 2. The van der Waals surface area contributed by atoms with Crippen molar-refractivity contribution in [2.75, 3.05) is 19.5 Å². The summed E-state index contributed by atoms with van der Waals surface area (Å²) in [5.41, 5.74) is 1.72. The molecule has 29 heavy (non-hydrogen) atoms. The first-order chi connectivity index (χ1) is 14.2. The van der Waals surface area contributed by atoms with Crippen LogP contribution in [0.2, 0.25) is 0 Å². The molecule has 1 aromatic carbocycles. The molecule has 0 bridgehead atoms. The predicted molar refractivity (Wildman–Crippen MR) is 100 cm³/mol. The van der Waals surface area contributed by atoms with Gasteiger partial charge in [-0.2, -0.15) is 9.78 Å². The van der Waals surface area contributed by atoms with Crippen LogP contribution in [0.15, 0.2) is 45.8 Å². The fourth-order valence-corrected chi connectivity index (χ4v) is 3.45. The minimum Gasteiger partial charge on any atom is -0.493 e. The maximum atomic E-state index is 12.6. The standard InChI is InChI=1S/C18H15N7O4/c1-27-10-6-5-9(8-12(10)28-2)14-13-15(17(26)21-20-14)19-18-22-23-24-25(18)16(13)11-4-3-7-29-11/h3-8,16H,1-2H3,(H,21,26)(H,19,22,24)/t16-/m0/s1. The molecule has 0 amide bonds. The predicted octanol–water partition coefficient (Wildman–Crippen LogP) is 1.73. The third-order valence-electron chi connectivity index (χ3n) is 4.74. The summed E-state index contributed by atoms with van der Waals surface area (Å²) >= 11 is 0. The lowest BCUT2D eigenvalue weighted by Gasteiger charge is -2.26. The number of nitrogens with one attached hydrogen (secondary N) is 2. The van der Waals surface area contributed by atoms with E-state index in [0.717, 1.165) is 0 Å². The van der Waals surface area contributed by atoms with Crippen LogP contribution in [0.5, 0.6) is 11.5 Å². The van der Waals surface area contributed by atoms with E-state index < -0.39 is 11.6 Å². The van der Waals surface area contributed by atoms with Gasteiger partial charge < -0.3 is 19.2 Å². The molecule has 0 unspecified atom stereocenters. The third kappa shape index (κ3) is 2.55. The molecular formula is C18H15N7O4. The number of aromatic nitrogens is 6.